The molecule has 2 aliphatic rings. The average molecular weight is 487 g/mol. The molecule has 186 valence electrons. The van der Waals surface area contributed by atoms with Crippen molar-refractivity contribution in [2.75, 3.05) is 18.1 Å². The first-order valence-corrected chi connectivity index (χ1v) is 11.9. The van der Waals surface area contributed by atoms with Gasteiger partial charge in [-0.15, -0.1) is 10.2 Å². The molecule has 2 aromatic heterocycles. The summed E-state index contributed by atoms with van der Waals surface area (Å²) in [6.07, 6.45) is 7.72. The second kappa shape index (κ2) is 8.82. The van der Waals surface area contributed by atoms with Crippen LogP contribution in [0, 0.1) is 11.6 Å². The summed E-state index contributed by atoms with van der Waals surface area (Å²) in [4.78, 5) is 1.93. The minimum absolute atomic E-state index is 0.0114. The van der Waals surface area contributed by atoms with E-state index in [0.717, 1.165) is 38.2 Å². The number of nitrogens with zero attached hydrogens (tertiary/aromatic N) is 4. The normalized spacial score (nSPS) is 26.0. The molecule has 0 saturated carbocycles. The highest BCUT2D eigenvalue weighted by Gasteiger charge is 2.47. The topological polar surface area (TPSA) is 90.0 Å². The number of aromatic nitrogens is 4. The van der Waals surface area contributed by atoms with Crippen LogP contribution in [-0.4, -0.2) is 55.8 Å². The van der Waals surface area contributed by atoms with E-state index in [2.05, 4.69) is 39.6 Å². The summed E-state index contributed by atoms with van der Waals surface area (Å²) < 4.78 is 43.4. The summed E-state index contributed by atoms with van der Waals surface area (Å²) in [7, 11) is 0. The van der Waals surface area contributed by atoms with E-state index in [1.165, 1.54) is 18.5 Å². The fourth-order valence-electron chi connectivity index (χ4n) is 6.01. The number of aromatic amines is 1. The largest absolute Gasteiger partial charge is 0.507 e. The Morgan fingerprint density at radius 3 is 2.46 bits per heavy atom. The van der Waals surface area contributed by atoms with Gasteiger partial charge in [0.05, 0.1) is 17.5 Å². The minimum atomic E-state index is -1.23. The molecule has 3 aromatic rings. The molecule has 5 rings (SSSR count). The summed E-state index contributed by atoms with van der Waals surface area (Å²) in [5, 5.41) is 28.9. The van der Waals surface area contributed by atoms with Crippen molar-refractivity contribution in [3.8, 4) is 28.1 Å². The molecule has 3 N–H and O–H groups in total. The molecule has 0 spiro atoms. The first-order valence-electron chi connectivity index (χ1n) is 11.9. The molecule has 4 heterocycles. The standard InChI is InChI=1S/C25H29F3N6O/c1-24-6-3-7-25(2,33-24)12-16(11-24)34(9-8-26)20-5-4-18(31-32-20)21-19(35)10-17(22(27)23(21)28)15-13-29-30-14-15/h4-5,10,13-14,16,33,35H,3,6-9,11-12H2,1-2H3,(H,29,30)/t16?,24-,25+. The van der Waals surface area contributed by atoms with Crippen LogP contribution in [-0.2, 0) is 0 Å². The lowest BCUT2D eigenvalue weighted by atomic mass is 9.69. The van der Waals surface area contributed by atoms with Gasteiger partial charge in [0.1, 0.15) is 12.4 Å². The molecule has 1 aromatic carbocycles. The van der Waals surface area contributed by atoms with Crippen molar-refractivity contribution in [3.05, 3.63) is 42.2 Å². The molecule has 2 saturated heterocycles. The molecular weight excluding hydrogens is 457 g/mol. The van der Waals surface area contributed by atoms with Gasteiger partial charge >= 0.3 is 0 Å². The second-order valence-electron chi connectivity index (χ2n) is 10.3. The van der Waals surface area contributed by atoms with E-state index in [0.29, 0.717) is 11.4 Å². The van der Waals surface area contributed by atoms with Gasteiger partial charge in [0.15, 0.2) is 17.5 Å². The molecule has 0 amide bonds. The summed E-state index contributed by atoms with van der Waals surface area (Å²) in [6.45, 7) is 4.05. The predicted molar refractivity (Wildman–Crippen MR) is 127 cm³/mol. The number of anilines is 1. The Balaban J connectivity index is 1.45. The van der Waals surface area contributed by atoms with Gasteiger partial charge in [0.25, 0.3) is 0 Å². The third-order valence-corrected chi connectivity index (χ3v) is 7.40. The zero-order chi connectivity index (χ0) is 24.8. The number of hydrogen-bond acceptors (Lipinski definition) is 6. The number of phenols is 1. The number of halogens is 3. The van der Waals surface area contributed by atoms with E-state index in [-0.39, 0.29) is 40.5 Å². The van der Waals surface area contributed by atoms with Crippen LogP contribution in [0.1, 0.15) is 46.0 Å². The Morgan fingerprint density at radius 1 is 1.11 bits per heavy atom. The number of aromatic hydroxyl groups is 1. The van der Waals surface area contributed by atoms with Crippen LogP contribution in [0.25, 0.3) is 22.4 Å². The average Bonchev–Trinajstić information content (AvgIpc) is 3.34. The zero-order valence-corrected chi connectivity index (χ0v) is 19.8. The zero-order valence-electron chi connectivity index (χ0n) is 19.8. The van der Waals surface area contributed by atoms with Crippen LogP contribution >= 0.6 is 0 Å². The Bertz CT molecular complexity index is 1190. The van der Waals surface area contributed by atoms with Crippen LogP contribution < -0.4 is 10.2 Å². The van der Waals surface area contributed by atoms with Crippen molar-refractivity contribution >= 4 is 5.82 Å². The van der Waals surface area contributed by atoms with Crippen LogP contribution in [0.2, 0.25) is 0 Å². The maximum absolute atomic E-state index is 15.0. The van der Waals surface area contributed by atoms with E-state index in [9.17, 15) is 18.3 Å². The first-order chi connectivity index (χ1) is 16.7. The van der Waals surface area contributed by atoms with Crippen molar-refractivity contribution in [2.45, 2.75) is 63.1 Å². The number of benzene rings is 1. The first kappa shape index (κ1) is 23.6. The number of phenolic OH excluding ortho intramolecular Hbond substituents is 1. The van der Waals surface area contributed by atoms with Gasteiger partial charge in [-0.25, -0.2) is 13.2 Å². The molecule has 2 fully saturated rings. The highest BCUT2D eigenvalue weighted by molar-refractivity contribution is 5.75. The molecule has 0 radical (unpaired) electrons. The number of alkyl halides is 1. The molecule has 3 atom stereocenters. The van der Waals surface area contributed by atoms with Crippen molar-refractivity contribution in [2.24, 2.45) is 0 Å². The van der Waals surface area contributed by atoms with Gasteiger partial charge in [-0.2, -0.15) is 5.10 Å². The molecule has 2 aliphatic heterocycles. The molecule has 2 bridgehead atoms. The van der Waals surface area contributed by atoms with Crippen LogP contribution in [0.5, 0.6) is 5.75 Å². The molecule has 10 heteroatoms. The van der Waals surface area contributed by atoms with Gasteiger partial charge in [-0.05, 0) is 64.2 Å². The van der Waals surface area contributed by atoms with Gasteiger partial charge in [0, 0.05) is 41.0 Å². The summed E-state index contributed by atoms with van der Waals surface area (Å²) in [5.74, 6) is -2.34. The number of rotatable bonds is 6. The highest BCUT2D eigenvalue weighted by Crippen LogP contribution is 2.42. The number of nitrogens with one attached hydrogen (secondary N) is 2. The fraction of sp³-hybridized carbons (Fsp3) is 0.480. The third kappa shape index (κ3) is 4.35. The molecule has 1 unspecified atom stereocenters. The molecule has 35 heavy (non-hydrogen) atoms. The maximum Gasteiger partial charge on any atom is 0.172 e. The highest BCUT2D eigenvalue weighted by atomic mass is 19.2. The van der Waals surface area contributed by atoms with Gasteiger partial charge in [-0.3, -0.25) is 5.10 Å². The van der Waals surface area contributed by atoms with Crippen LogP contribution in [0.4, 0.5) is 19.0 Å². The van der Waals surface area contributed by atoms with Gasteiger partial charge in [0.2, 0.25) is 0 Å². The monoisotopic (exact) mass is 486 g/mol. The Hall–Kier alpha value is -3.14. The van der Waals surface area contributed by atoms with E-state index < -0.39 is 24.1 Å². The van der Waals surface area contributed by atoms with Crippen molar-refractivity contribution in [3.63, 3.8) is 0 Å². The number of H-pyrrole nitrogens is 1. The fourth-order valence-corrected chi connectivity index (χ4v) is 6.01. The Kier molecular flexibility index (Phi) is 5.94. The van der Waals surface area contributed by atoms with Crippen LogP contribution in [0.15, 0.2) is 30.6 Å². The van der Waals surface area contributed by atoms with Crippen LogP contribution in [0.3, 0.4) is 0 Å². The number of hydrogen-bond donors (Lipinski definition) is 3. The predicted octanol–water partition coefficient (Wildman–Crippen LogP) is 4.75. The third-order valence-electron chi connectivity index (χ3n) is 7.40. The second-order valence-corrected chi connectivity index (χ2v) is 10.3. The lowest BCUT2D eigenvalue weighted by Crippen LogP contribution is -2.67. The maximum atomic E-state index is 15.0. The Labute approximate surface area is 201 Å². The van der Waals surface area contributed by atoms with Gasteiger partial charge in [-0.1, -0.05) is 0 Å². The van der Waals surface area contributed by atoms with E-state index in [1.54, 1.807) is 6.07 Å². The Morgan fingerprint density at radius 2 is 1.86 bits per heavy atom. The van der Waals surface area contributed by atoms with E-state index in [4.69, 9.17) is 0 Å². The smallest absolute Gasteiger partial charge is 0.172 e. The lowest BCUT2D eigenvalue weighted by Gasteiger charge is -2.55. The lowest BCUT2D eigenvalue weighted by molar-refractivity contribution is 0.0767. The number of fused-ring (bicyclic) bond motifs is 2. The summed E-state index contributed by atoms with van der Waals surface area (Å²) in [5.41, 5.74) is -0.248. The van der Waals surface area contributed by atoms with Crippen molar-refractivity contribution in [1.29, 1.82) is 0 Å². The summed E-state index contributed by atoms with van der Waals surface area (Å²) >= 11 is 0. The van der Waals surface area contributed by atoms with E-state index >= 15 is 0 Å². The molecule has 7 nitrogen and oxygen atoms in total. The van der Waals surface area contributed by atoms with Gasteiger partial charge < -0.3 is 15.3 Å². The SMILES string of the molecule is C[C@]12CCC[C@](C)(CC(N(CCF)c3ccc(-c4c(O)cc(-c5cn[nH]c5)c(F)c4F)nn3)C1)N2. The summed E-state index contributed by atoms with van der Waals surface area (Å²) in [6, 6.07) is 4.31. The molecule has 0 aliphatic carbocycles. The minimum Gasteiger partial charge on any atom is -0.507 e. The van der Waals surface area contributed by atoms with Crippen molar-refractivity contribution < 1.29 is 18.3 Å². The molecular formula is C25H29F3N6O. The quantitative estimate of drug-likeness (QED) is 0.466. The number of piperidine rings is 2. The van der Waals surface area contributed by atoms with E-state index in [1.807, 2.05) is 4.90 Å². The van der Waals surface area contributed by atoms with Crippen molar-refractivity contribution in [1.82, 2.24) is 25.7 Å².